The second kappa shape index (κ2) is 4.45. The van der Waals surface area contributed by atoms with E-state index in [0.29, 0.717) is 10.8 Å². The summed E-state index contributed by atoms with van der Waals surface area (Å²) in [6.07, 6.45) is 4.87. The van der Waals surface area contributed by atoms with Crippen molar-refractivity contribution in [2.45, 2.75) is 19.4 Å². The minimum absolute atomic E-state index is 0.207. The Morgan fingerprint density at radius 3 is 2.72 bits per heavy atom. The van der Waals surface area contributed by atoms with Gasteiger partial charge in [0.2, 0.25) is 0 Å². The summed E-state index contributed by atoms with van der Waals surface area (Å²) in [5.74, 6) is 0.301. The molecule has 2 rings (SSSR count). The number of hydrogen-bond donors (Lipinski definition) is 1. The van der Waals surface area contributed by atoms with Crippen molar-refractivity contribution in [2.24, 2.45) is 7.05 Å². The topological polar surface area (TPSA) is 64.7 Å². The monoisotopic (exact) mass is 267 g/mol. The first-order valence-electron chi connectivity index (χ1n) is 5.41. The molecule has 7 heteroatoms. The lowest BCUT2D eigenvalue weighted by Crippen LogP contribution is -2.40. The molecule has 0 aliphatic rings. The molecule has 18 heavy (non-hydrogen) atoms. The lowest BCUT2D eigenvalue weighted by molar-refractivity contribution is -0.123. The number of anilines is 1. The molecule has 0 radical (unpaired) electrons. The minimum Gasteiger partial charge on any atom is -0.307 e. The fourth-order valence-electron chi connectivity index (χ4n) is 1.46. The Morgan fingerprint density at radius 2 is 2.22 bits per heavy atom. The molecule has 2 aromatic heterocycles. The van der Waals surface area contributed by atoms with Gasteiger partial charge in [-0.05, 0) is 13.8 Å². The first-order valence-corrected chi connectivity index (χ1v) is 5.79. The normalized spacial score (nSPS) is 11.6. The van der Waals surface area contributed by atoms with E-state index in [1.165, 1.54) is 10.9 Å². The van der Waals surface area contributed by atoms with E-state index in [9.17, 15) is 4.79 Å². The quantitative estimate of drug-likeness (QED) is 0.920. The molecule has 0 bridgehead atoms. The molecular formula is C11H14ClN5O. The molecule has 0 aliphatic heterocycles. The van der Waals surface area contributed by atoms with Gasteiger partial charge in [-0.3, -0.25) is 14.2 Å². The molecule has 0 aromatic carbocycles. The standard InChI is InChI=1S/C11H14ClN5O/c1-11(2,17-7-8(12)6-13-17)10(18)14-9-4-5-16(3)15-9/h4-7H,1-3H3,(H,14,15,18). The van der Waals surface area contributed by atoms with Gasteiger partial charge in [-0.25, -0.2) is 0 Å². The number of halogens is 1. The van der Waals surface area contributed by atoms with Crippen LogP contribution in [0, 0.1) is 0 Å². The highest BCUT2D eigenvalue weighted by atomic mass is 35.5. The van der Waals surface area contributed by atoms with E-state index >= 15 is 0 Å². The van der Waals surface area contributed by atoms with Crippen molar-refractivity contribution in [3.05, 3.63) is 29.7 Å². The number of aromatic nitrogens is 4. The van der Waals surface area contributed by atoms with Crippen LogP contribution in [-0.4, -0.2) is 25.5 Å². The zero-order chi connectivity index (χ0) is 13.3. The molecule has 0 fully saturated rings. The van der Waals surface area contributed by atoms with Crippen molar-refractivity contribution >= 4 is 23.3 Å². The first kappa shape index (κ1) is 12.6. The van der Waals surface area contributed by atoms with Crippen molar-refractivity contribution in [1.29, 1.82) is 0 Å². The predicted molar refractivity (Wildman–Crippen MR) is 68.4 cm³/mol. The number of nitrogens with one attached hydrogen (secondary N) is 1. The molecule has 6 nitrogen and oxygen atoms in total. The number of aryl methyl sites for hydroxylation is 1. The van der Waals surface area contributed by atoms with Gasteiger partial charge in [-0.2, -0.15) is 10.2 Å². The maximum absolute atomic E-state index is 12.2. The molecule has 1 amide bonds. The first-order chi connectivity index (χ1) is 8.39. The van der Waals surface area contributed by atoms with Gasteiger partial charge < -0.3 is 5.32 Å². The van der Waals surface area contributed by atoms with Gasteiger partial charge in [-0.1, -0.05) is 11.6 Å². The van der Waals surface area contributed by atoms with E-state index in [4.69, 9.17) is 11.6 Å². The Hall–Kier alpha value is -1.82. The van der Waals surface area contributed by atoms with Gasteiger partial charge >= 0.3 is 0 Å². The molecule has 2 aromatic rings. The van der Waals surface area contributed by atoms with E-state index in [2.05, 4.69) is 15.5 Å². The number of carbonyl (C=O) groups excluding carboxylic acids is 1. The molecule has 0 saturated heterocycles. The van der Waals surface area contributed by atoms with E-state index in [-0.39, 0.29) is 5.91 Å². The summed E-state index contributed by atoms with van der Waals surface area (Å²) in [6, 6.07) is 1.73. The smallest absolute Gasteiger partial charge is 0.252 e. The number of nitrogens with zero attached hydrogens (tertiary/aromatic N) is 4. The largest absolute Gasteiger partial charge is 0.307 e. The molecular weight excluding hydrogens is 254 g/mol. The molecule has 0 saturated carbocycles. The van der Waals surface area contributed by atoms with Crippen LogP contribution in [0.2, 0.25) is 5.02 Å². The zero-order valence-electron chi connectivity index (χ0n) is 10.4. The summed E-state index contributed by atoms with van der Waals surface area (Å²) in [6.45, 7) is 3.52. The van der Waals surface area contributed by atoms with Gasteiger partial charge in [-0.15, -0.1) is 0 Å². The van der Waals surface area contributed by atoms with E-state index in [1.54, 1.807) is 44.0 Å². The van der Waals surface area contributed by atoms with Crippen molar-refractivity contribution in [1.82, 2.24) is 19.6 Å². The van der Waals surface area contributed by atoms with E-state index in [1.807, 2.05) is 0 Å². The number of amides is 1. The summed E-state index contributed by atoms with van der Waals surface area (Å²) in [5, 5.41) is 11.4. The Kier molecular flexibility index (Phi) is 3.13. The van der Waals surface area contributed by atoms with Crippen molar-refractivity contribution in [2.75, 3.05) is 5.32 Å². The molecule has 96 valence electrons. The van der Waals surface area contributed by atoms with Crippen LogP contribution in [0.25, 0.3) is 0 Å². The summed E-state index contributed by atoms with van der Waals surface area (Å²) >= 11 is 5.80. The molecule has 0 atom stereocenters. The van der Waals surface area contributed by atoms with Crippen molar-refractivity contribution in [3.8, 4) is 0 Å². The highest BCUT2D eigenvalue weighted by molar-refractivity contribution is 6.30. The highest BCUT2D eigenvalue weighted by Gasteiger charge is 2.31. The van der Waals surface area contributed by atoms with Crippen LogP contribution in [0.3, 0.4) is 0 Å². The average Bonchev–Trinajstić information content (AvgIpc) is 2.88. The molecule has 0 aliphatic carbocycles. The van der Waals surface area contributed by atoms with Crippen LogP contribution >= 0.6 is 11.6 Å². The van der Waals surface area contributed by atoms with Gasteiger partial charge in [0.1, 0.15) is 5.54 Å². The Balaban J connectivity index is 2.17. The summed E-state index contributed by atoms with van der Waals surface area (Å²) < 4.78 is 3.14. The second-order valence-corrected chi connectivity index (χ2v) is 4.93. The van der Waals surface area contributed by atoms with Gasteiger partial charge in [0, 0.05) is 25.5 Å². The summed E-state index contributed by atoms with van der Waals surface area (Å²) in [4.78, 5) is 12.2. The highest BCUT2D eigenvalue weighted by Crippen LogP contribution is 2.19. The number of rotatable bonds is 3. The third-order valence-electron chi connectivity index (χ3n) is 2.63. The fourth-order valence-corrected chi connectivity index (χ4v) is 1.60. The molecule has 1 N–H and O–H groups in total. The van der Waals surface area contributed by atoms with Crippen molar-refractivity contribution in [3.63, 3.8) is 0 Å². The summed E-state index contributed by atoms with van der Waals surface area (Å²) in [5.41, 5.74) is -0.843. The summed E-state index contributed by atoms with van der Waals surface area (Å²) in [7, 11) is 1.79. The van der Waals surface area contributed by atoms with Crippen LogP contribution in [0.1, 0.15) is 13.8 Å². The van der Waals surface area contributed by atoms with Gasteiger partial charge in [0.25, 0.3) is 5.91 Å². The van der Waals surface area contributed by atoms with E-state index < -0.39 is 5.54 Å². The molecule has 0 spiro atoms. The third-order valence-corrected chi connectivity index (χ3v) is 2.83. The maximum atomic E-state index is 12.2. The zero-order valence-corrected chi connectivity index (χ0v) is 11.1. The number of hydrogen-bond acceptors (Lipinski definition) is 3. The minimum atomic E-state index is -0.843. The predicted octanol–water partition coefficient (Wildman–Crippen LogP) is 1.64. The fraction of sp³-hybridized carbons (Fsp3) is 0.364. The Morgan fingerprint density at radius 1 is 1.50 bits per heavy atom. The molecule has 2 heterocycles. The van der Waals surface area contributed by atoms with Crippen LogP contribution in [-0.2, 0) is 17.4 Å². The Bertz CT molecular complexity index is 572. The lowest BCUT2D eigenvalue weighted by Gasteiger charge is -2.23. The number of carbonyl (C=O) groups is 1. The third kappa shape index (κ3) is 2.38. The average molecular weight is 268 g/mol. The Labute approximate surface area is 110 Å². The second-order valence-electron chi connectivity index (χ2n) is 4.49. The van der Waals surface area contributed by atoms with Crippen LogP contribution in [0.5, 0.6) is 0 Å². The molecule has 0 unspecified atom stereocenters. The SMILES string of the molecule is Cn1ccc(NC(=O)C(C)(C)n2cc(Cl)cn2)n1. The van der Waals surface area contributed by atoms with Crippen LogP contribution in [0.15, 0.2) is 24.7 Å². The lowest BCUT2D eigenvalue weighted by atomic mass is 10.1. The maximum Gasteiger partial charge on any atom is 0.252 e. The van der Waals surface area contributed by atoms with Gasteiger partial charge in [0.05, 0.1) is 11.2 Å². The van der Waals surface area contributed by atoms with Crippen LogP contribution in [0.4, 0.5) is 5.82 Å². The van der Waals surface area contributed by atoms with Gasteiger partial charge in [0.15, 0.2) is 5.82 Å². The van der Waals surface area contributed by atoms with E-state index in [0.717, 1.165) is 0 Å². The van der Waals surface area contributed by atoms with Crippen LogP contribution < -0.4 is 5.32 Å². The van der Waals surface area contributed by atoms with Crippen molar-refractivity contribution < 1.29 is 4.79 Å².